The van der Waals surface area contributed by atoms with E-state index in [1.165, 1.54) is 18.9 Å². The van der Waals surface area contributed by atoms with Crippen LogP contribution in [0.4, 0.5) is 13.2 Å². The van der Waals surface area contributed by atoms with Gasteiger partial charge in [0.05, 0.1) is 6.10 Å². The van der Waals surface area contributed by atoms with Gasteiger partial charge in [0.2, 0.25) is 0 Å². The molecule has 0 aromatic heterocycles. The van der Waals surface area contributed by atoms with Gasteiger partial charge in [-0.1, -0.05) is 6.07 Å². The highest BCUT2D eigenvalue weighted by Crippen LogP contribution is 2.47. The van der Waals surface area contributed by atoms with Crippen LogP contribution in [0.25, 0.3) is 0 Å². The van der Waals surface area contributed by atoms with Crippen LogP contribution in [0.3, 0.4) is 0 Å². The van der Waals surface area contributed by atoms with E-state index >= 15 is 0 Å². The maximum atomic E-state index is 13.5. The van der Waals surface area contributed by atoms with Gasteiger partial charge >= 0.3 is 12.1 Å². The number of ether oxygens (including phenoxy) is 2. The first kappa shape index (κ1) is 23.7. The normalized spacial score (nSPS) is 24.8. The Hall–Kier alpha value is -1.58. The SMILES string of the molecule is COC1C(C(F)(F)F)C(=O)[C@H](CSc2ccc(C)c(C)c2)[C@H]1CCOCC(=O)O. The van der Waals surface area contributed by atoms with Gasteiger partial charge in [0.25, 0.3) is 0 Å². The zero-order valence-electron chi connectivity index (χ0n) is 16.5. The predicted octanol–water partition coefficient (Wildman–Crippen LogP) is 3.90. The second kappa shape index (κ2) is 9.95. The van der Waals surface area contributed by atoms with E-state index in [4.69, 9.17) is 14.6 Å². The highest BCUT2D eigenvalue weighted by Gasteiger charge is 2.60. The standard InChI is InChI=1S/C20H25F3O5S/c1-11-4-5-13(8-12(11)2)29-10-15-14(6-7-28-9-16(24)25)19(27-3)17(18(15)26)20(21,22)23/h4-5,8,14-15,17,19H,6-7,9-10H2,1-3H3,(H,24,25)/t14-,15-,17?,19?/m1/s1. The highest BCUT2D eigenvalue weighted by molar-refractivity contribution is 7.99. The molecular formula is C20H25F3O5S. The third-order valence-corrected chi connectivity index (χ3v) is 6.41. The molecule has 2 unspecified atom stereocenters. The first-order chi connectivity index (χ1) is 13.6. The number of carboxylic acid groups (broad SMARTS) is 1. The molecule has 1 aliphatic carbocycles. The number of carboxylic acids is 1. The van der Waals surface area contributed by atoms with Gasteiger partial charge < -0.3 is 14.6 Å². The van der Waals surface area contributed by atoms with Crippen LogP contribution in [-0.2, 0) is 19.1 Å². The zero-order valence-corrected chi connectivity index (χ0v) is 17.3. The van der Waals surface area contributed by atoms with Gasteiger partial charge in [-0.2, -0.15) is 13.2 Å². The van der Waals surface area contributed by atoms with Crippen LogP contribution in [0.15, 0.2) is 23.1 Å². The number of alkyl halides is 3. The van der Waals surface area contributed by atoms with E-state index in [0.29, 0.717) is 0 Å². The van der Waals surface area contributed by atoms with E-state index in [1.54, 1.807) is 0 Å². The fraction of sp³-hybridized carbons (Fsp3) is 0.600. The summed E-state index contributed by atoms with van der Waals surface area (Å²) in [4.78, 5) is 24.1. The van der Waals surface area contributed by atoms with Gasteiger partial charge in [0.1, 0.15) is 12.5 Å². The number of carbonyl (C=O) groups is 2. The number of rotatable bonds is 9. The van der Waals surface area contributed by atoms with Crippen molar-refractivity contribution in [1.29, 1.82) is 0 Å². The molecule has 1 fully saturated rings. The molecule has 0 aliphatic heterocycles. The second-order valence-corrected chi connectivity index (χ2v) is 8.28. The van der Waals surface area contributed by atoms with Crippen molar-refractivity contribution in [3.63, 3.8) is 0 Å². The van der Waals surface area contributed by atoms with Crippen molar-refractivity contribution >= 4 is 23.5 Å². The molecule has 0 radical (unpaired) electrons. The van der Waals surface area contributed by atoms with Crippen LogP contribution in [-0.4, -0.2) is 55.2 Å². The van der Waals surface area contributed by atoms with Crippen molar-refractivity contribution in [2.75, 3.05) is 26.1 Å². The van der Waals surface area contributed by atoms with Crippen LogP contribution in [0.2, 0.25) is 0 Å². The Balaban J connectivity index is 2.17. The lowest BCUT2D eigenvalue weighted by atomic mass is 9.92. The number of halogens is 3. The summed E-state index contributed by atoms with van der Waals surface area (Å²) in [6.45, 7) is 3.32. The quantitative estimate of drug-likeness (QED) is 0.470. The van der Waals surface area contributed by atoms with Crippen molar-refractivity contribution in [2.45, 2.75) is 37.4 Å². The van der Waals surface area contributed by atoms with Crippen LogP contribution in [0.5, 0.6) is 0 Å². The number of thioether (sulfide) groups is 1. The lowest BCUT2D eigenvalue weighted by Gasteiger charge is -2.25. The fourth-order valence-corrected chi connectivity index (χ4v) is 4.89. The minimum atomic E-state index is -4.70. The van der Waals surface area contributed by atoms with Crippen molar-refractivity contribution in [3.8, 4) is 0 Å². The molecule has 0 amide bonds. The van der Waals surface area contributed by atoms with Gasteiger partial charge in [0, 0.05) is 30.3 Å². The average molecular weight is 434 g/mol. The van der Waals surface area contributed by atoms with Gasteiger partial charge in [-0.3, -0.25) is 4.79 Å². The zero-order chi connectivity index (χ0) is 21.8. The van der Waals surface area contributed by atoms with Crippen molar-refractivity contribution in [3.05, 3.63) is 29.3 Å². The molecule has 9 heteroatoms. The molecule has 4 atom stereocenters. The molecule has 1 aromatic rings. The predicted molar refractivity (Wildman–Crippen MR) is 102 cm³/mol. The second-order valence-electron chi connectivity index (χ2n) is 7.18. The van der Waals surface area contributed by atoms with E-state index in [1.807, 2.05) is 32.0 Å². The number of hydrogen-bond acceptors (Lipinski definition) is 5. The number of benzene rings is 1. The van der Waals surface area contributed by atoms with Gasteiger partial charge in [-0.25, -0.2) is 4.79 Å². The Bertz CT molecular complexity index is 737. The number of ketones is 1. The number of Topliss-reactive ketones (excluding diaryl/α,β-unsaturated/α-hetero) is 1. The molecule has 5 nitrogen and oxygen atoms in total. The molecule has 1 saturated carbocycles. The Labute approximate surface area is 171 Å². The molecule has 0 heterocycles. The van der Waals surface area contributed by atoms with Gasteiger partial charge in [-0.05, 0) is 49.4 Å². The highest BCUT2D eigenvalue weighted by atomic mass is 32.2. The summed E-state index contributed by atoms with van der Waals surface area (Å²) in [6.07, 6.45) is -5.89. The minimum absolute atomic E-state index is 0.0561. The summed E-state index contributed by atoms with van der Waals surface area (Å²) in [7, 11) is 1.17. The van der Waals surface area contributed by atoms with E-state index in [2.05, 4.69) is 0 Å². The molecule has 0 saturated heterocycles. The van der Waals surface area contributed by atoms with Crippen LogP contribution < -0.4 is 0 Å². The number of methoxy groups -OCH3 is 1. The third-order valence-electron chi connectivity index (χ3n) is 5.29. The maximum Gasteiger partial charge on any atom is 0.401 e. The van der Waals surface area contributed by atoms with Crippen LogP contribution in [0, 0.1) is 31.6 Å². The Morgan fingerprint density at radius 1 is 1.24 bits per heavy atom. The molecular weight excluding hydrogens is 409 g/mol. The average Bonchev–Trinajstić information content (AvgIpc) is 2.90. The first-order valence-corrected chi connectivity index (χ1v) is 10.2. The molecule has 0 spiro atoms. The number of hydrogen-bond donors (Lipinski definition) is 1. The van der Waals surface area contributed by atoms with Gasteiger partial charge in [-0.15, -0.1) is 11.8 Å². The van der Waals surface area contributed by atoms with Crippen molar-refractivity contribution < 1.29 is 37.3 Å². The minimum Gasteiger partial charge on any atom is -0.480 e. The summed E-state index contributed by atoms with van der Waals surface area (Å²) in [5.74, 6) is -5.58. The Morgan fingerprint density at radius 3 is 2.48 bits per heavy atom. The molecule has 162 valence electrons. The monoisotopic (exact) mass is 434 g/mol. The summed E-state index contributed by atoms with van der Waals surface area (Å²) in [6, 6.07) is 5.76. The lowest BCUT2D eigenvalue weighted by molar-refractivity contribution is -0.199. The summed E-state index contributed by atoms with van der Waals surface area (Å²) in [5, 5.41) is 8.64. The largest absolute Gasteiger partial charge is 0.480 e. The first-order valence-electron chi connectivity index (χ1n) is 9.19. The lowest BCUT2D eigenvalue weighted by Crippen LogP contribution is -2.37. The summed E-state index contributed by atoms with van der Waals surface area (Å²) in [5.41, 5.74) is 2.17. The fourth-order valence-electron chi connectivity index (χ4n) is 3.68. The summed E-state index contributed by atoms with van der Waals surface area (Å²) >= 11 is 1.34. The van der Waals surface area contributed by atoms with Gasteiger partial charge in [0.15, 0.2) is 5.78 Å². The number of aliphatic carboxylic acids is 1. The molecule has 1 aliphatic rings. The molecule has 0 bridgehead atoms. The Kier molecular flexibility index (Phi) is 8.13. The van der Waals surface area contributed by atoms with E-state index < -0.39 is 48.4 Å². The molecule has 1 N–H and O–H groups in total. The summed E-state index contributed by atoms with van der Waals surface area (Å²) < 4.78 is 50.7. The maximum absolute atomic E-state index is 13.5. The van der Waals surface area contributed by atoms with Crippen molar-refractivity contribution in [1.82, 2.24) is 0 Å². The molecule has 29 heavy (non-hydrogen) atoms. The van der Waals surface area contributed by atoms with E-state index in [0.717, 1.165) is 16.0 Å². The van der Waals surface area contributed by atoms with E-state index in [-0.39, 0.29) is 18.8 Å². The number of aryl methyl sites for hydroxylation is 2. The number of carbonyl (C=O) groups excluding carboxylic acids is 1. The van der Waals surface area contributed by atoms with Crippen LogP contribution >= 0.6 is 11.8 Å². The smallest absolute Gasteiger partial charge is 0.401 e. The topological polar surface area (TPSA) is 72.8 Å². The third kappa shape index (κ3) is 5.96. The molecule has 1 aromatic carbocycles. The molecule has 2 rings (SSSR count). The van der Waals surface area contributed by atoms with Crippen molar-refractivity contribution in [2.24, 2.45) is 17.8 Å². The van der Waals surface area contributed by atoms with Crippen LogP contribution in [0.1, 0.15) is 17.5 Å². The van der Waals surface area contributed by atoms with E-state index in [9.17, 15) is 22.8 Å². The Morgan fingerprint density at radius 2 is 1.93 bits per heavy atom.